The fourth-order valence-electron chi connectivity index (χ4n) is 3.03. The number of hydrogen-bond donors (Lipinski definition) is 2. The molecule has 138 valence electrons. The van der Waals surface area contributed by atoms with Crippen LogP contribution >= 0.6 is 11.3 Å². The predicted molar refractivity (Wildman–Crippen MR) is 99.8 cm³/mol. The highest BCUT2D eigenvalue weighted by Gasteiger charge is 2.19. The second kappa shape index (κ2) is 8.31. The van der Waals surface area contributed by atoms with Crippen molar-refractivity contribution in [3.8, 4) is 16.5 Å². The molecule has 0 bridgehead atoms. The minimum absolute atomic E-state index is 0.0371. The zero-order valence-electron chi connectivity index (χ0n) is 14.7. The van der Waals surface area contributed by atoms with Crippen LogP contribution in [-0.2, 0) is 11.2 Å². The fraction of sp³-hybridized carbons (Fsp3) is 0.421. The predicted octanol–water partition coefficient (Wildman–Crippen LogP) is 3.51. The monoisotopic (exact) mass is 374 g/mol. The summed E-state index contributed by atoms with van der Waals surface area (Å²) in [6.45, 7) is 1.97. The van der Waals surface area contributed by atoms with Gasteiger partial charge in [-0.1, -0.05) is 31.9 Å². The second-order valence-corrected chi connectivity index (χ2v) is 7.40. The maximum Gasteiger partial charge on any atom is 0.335 e. The Bertz CT molecular complexity index is 779. The van der Waals surface area contributed by atoms with Crippen LogP contribution in [0.25, 0.3) is 10.6 Å². The number of nitrogens with one attached hydrogen (secondary N) is 1. The molecule has 3 rings (SSSR count). The Morgan fingerprint density at radius 3 is 2.58 bits per heavy atom. The third-order valence-electron chi connectivity index (χ3n) is 4.42. The van der Waals surface area contributed by atoms with Crippen LogP contribution in [0.1, 0.15) is 47.8 Å². The summed E-state index contributed by atoms with van der Waals surface area (Å²) in [6.07, 6.45) is 5.17. The molecule has 0 radical (unpaired) electrons. The van der Waals surface area contributed by atoms with Gasteiger partial charge < -0.3 is 15.2 Å². The average molecular weight is 374 g/mol. The fourth-order valence-corrected chi connectivity index (χ4v) is 3.98. The molecular weight excluding hydrogens is 352 g/mol. The van der Waals surface area contributed by atoms with Crippen molar-refractivity contribution in [3.63, 3.8) is 0 Å². The summed E-state index contributed by atoms with van der Waals surface area (Å²) in [7, 11) is 0. The Hall–Kier alpha value is -2.41. The van der Waals surface area contributed by atoms with Crippen molar-refractivity contribution in [2.45, 2.75) is 45.1 Å². The van der Waals surface area contributed by atoms with Crippen LogP contribution in [0.3, 0.4) is 0 Å². The Labute approximate surface area is 156 Å². The standard InChI is InChI=1S/C19H22N2O4S/c1-2-15-17(25-11-16(22)20-14-5-3-4-6-14)21-18(26-15)12-7-9-13(10-8-12)19(23)24/h7-10,14H,2-6,11H2,1H3,(H,20,22)(H,23,24). The quantitative estimate of drug-likeness (QED) is 0.774. The van der Waals surface area contributed by atoms with Crippen molar-refractivity contribution in [3.05, 3.63) is 34.7 Å². The van der Waals surface area contributed by atoms with E-state index in [1.165, 1.54) is 24.2 Å². The molecule has 1 aromatic carbocycles. The minimum atomic E-state index is -0.956. The van der Waals surface area contributed by atoms with Gasteiger partial charge in [0.25, 0.3) is 5.91 Å². The smallest absolute Gasteiger partial charge is 0.335 e. The number of aromatic carboxylic acids is 1. The number of hydrogen-bond acceptors (Lipinski definition) is 5. The molecule has 7 heteroatoms. The molecule has 0 spiro atoms. The molecule has 1 aliphatic rings. The molecule has 1 heterocycles. The number of nitrogens with zero attached hydrogens (tertiary/aromatic N) is 1. The van der Waals surface area contributed by atoms with Crippen molar-refractivity contribution in [2.75, 3.05) is 6.61 Å². The molecule has 0 saturated heterocycles. The van der Waals surface area contributed by atoms with Crippen LogP contribution in [0.4, 0.5) is 0 Å². The van der Waals surface area contributed by atoms with Crippen LogP contribution in [-0.4, -0.2) is 34.6 Å². The van der Waals surface area contributed by atoms with Gasteiger partial charge in [-0.15, -0.1) is 11.3 Å². The molecule has 26 heavy (non-hydrogen) atoms. The van der Waals surface area contributed by atoms with Gasteiger partial charge in [0.1, 0.15) is 5.01 Å². The lowest BCUT2D eigenvalue weighted by atomic mass is 10.1. The number of carbonyl (C=O) groups excluding carboxylic acids is 1. The lowest BCUT2D eigenvalue weighted by Gasteiger charge is -2.12. The molecule has 1 aromatic heterocycles. The summed E-state index contributed by atoms with van der Waals surface area (Å²) >= 11 is 1.50. The summed E-state index contributed by atoms with van der Waals surface area (Å²) in [5, 5.41) is 12.7. The first-order chi connectivity index (χ1) is 12.6. The average Bonchev–Trinajstić information content (AvgIpc) is 3.29. The molecule has 0 unspecified atom stereocenters. The molecule has 1 saturated carbocycles. The summed E-state index contributed by atoms with van der Waals surface area (Å²) < 4.78 is 5.66. The van der Waals surface area contributed by atoms with E-state index in [0.29, 0.717) is 5.88 Å². The van der Waals surface area contributed by atoms with Crippen molar-refractivity contribution in [2.24, 2.45) is 0 Å². The van der Waals surface area contributed by atoms with Crippen LogP contribution in [0.2, 0.25) is 0 Å². The zero-order valence-corrected chi connectivity index (χ0v) is 15.5. The van der Waals surface area contributed by atoms with Crippen molar-refractivity contribution < 1.29 is 19.4 Å². The summed E-state index contributed by atoms with van der Waals surface area (Å²) in [5.74, 6) is -0.585. The van der Waals surface area contributed by atoms with Gasteiger partial charge in [-0.3, -0.25) is 4.79 Å². The number of amides is 1. The Morgan fingerprint density at radius 1 is 1.27 bits per heavy atom. The maximum atomic E-state index is 12.0. The Morgan fingerprint density at radius 2 is 1.96 bits per heavy atom. The normalized spacial score (nSPS) is 14.3. The molecule has 1 aliphatic carbocycles. The third kappa shape index (κ3) is 4.40. The second-order valence-electron chi connectivity index (χ2n) is 6.32. The minimum Gasteiger partial charge on any atom is -0.478 e. The van der Waals surface area contributed by atoms with Gasteiger partial charge in [0, 0.05) is 11.6 Å². The number of carbonyl (C=O) groups is 2. The van der Waals surface area contributed by atoms with Gasteiger partial charge >= 0.3 is 5.97 Å². The number of rotatable bonds is 7. The molecule has 1 amide bonds. The van der Waals surface area contributed by atoms with E-state index in [1.54, 1.807) is 24.3 Å². The summed E-state index contributed by atoms with van der Waals surface area (Å²) in [5.41, 5.74) is 1.07. The van der Waals surface area contributed by atoms with E-state index in [9.17, 15) is 9.59 Å². The Balaban J connectivity index is 1.66. The van der Waals surface area contributed by atoms with Crippen molar-refractivity contribution in [1.29, 1.82) is 0 Å². The molecule has 1 fully saturated rings. The van der Waals surface area contributed by atoms with E-state index in [2.05, 4.69) is 10.3 Å². The van der Waals surface area contributed by atoms with Crippen molar-refractivity contribution in [1.82, 2.24) is 10.3 Å². The van der Waals surface area contributed by atoms with E-state index < -0.39 is 5.97 Å². The van der Waals surface area contributed by atoms with Crippen LogP contribution in [0.15, 0.2) is 24.3 Å². The lowest BCUT2D eigenvalue weighted by Crippen LogP contribution is -2.36. The molecule has 2 aromatic rings. The van der Waals surface area contributed by atoms with Crippen LogP contribution < -0.4 is 10.1 Å². The largest absolute Gasteiger partial charge is 0.478 e. The van der Waals surface area contributed by atoms with E-state index in [4.69, 9.17) is 9.84 Å². The van der Waals surface area contributed by atoms with Gasteiger partial charge in [0.15, 0.2) is 6.61 Å². The zero-order chi connectivity index (χ0) is 18.5. The highest BCUT2D eigenvalue weighted by molar-refractivity contribution is 7.15. The van der Waals surface area contributed by atoms with Gasteiger partial charge in [-0.25, -0.2) is 9.78 Å². The highest BCUT2D eigenvalue weighted by Crippen LogP contribution is 2.33. The molecule has 0 aliphatic heterocycles. The van der Waals surface area contributed by atoms with Crippen LogP contribution in [0.5, 0.6) is 5.88 Å². The number of thiazole rings is 1. The number of benzene rings is 1. The summed E-state index contributed by atoms with van der Waals surface area (Å²) in [4.78, 5) is 28.5. The topological polar surface area (TPSA) is 88.5 Å². The van der Waals surface area contributed by atoms with E-state index >= 15 is 0 Å². The first-order valence-electron chi connectivity index (χ1n) is 8.82. The van der Waals surface area contributed by atoms with Gasteiger partial charge in [-0.2, -0.15) is 0 Å². The number of aryl methyl sites for hydroxylation is 1. The highest BCUT2D eigenvalue weighted by atomic mass is 32.1. The maximum absolute atomic E-state index is 12.0. The first-order valence-corrected chi connectivity index (χ1v) is 9.64. The van der Waals surface area contributed by atoms with E-state index in [-0.39, 0.29) is 24.1 Å². The number of carboxylic acid groups (broad SMARTS) is 1. The van der Waals surface area contributed by atoms with Crippen LogP contribution in [0, 0.1) is 0 Å². The third-order valence-corrected chi connectivity index (χ3v) is 5.65. The molecule has 6 nitrogen and oxygen atoms in total. The molecule has 0 atom stereocenters. The van der Waals surface area contributed by atoms with E-state index in [1.807, 2.05) is 6.92 Å². The molecule has 2 N–H and O–H groups in total. The number of carboxylic acids is 1. The first kappa shape index (κ1) is 18.4. The molecular formula is C19H22N2O4S. The SMILES string of the molecule is CCc1sc(-c2ccc(C(=O)O)cc2)nc1OCC(=O)NC1CCCC1. The summed E-state index contributed by atoms with van der Waals surface area (Å²) in [6, 6.07) is 6.85. The van der Waals surface area contributed by atoms with Gasteiger partial charge in [-0.05, 0) is 31.4 Å². The van der Waals surface area contributed by atoms with Crippen molar-refractivity contribution >= 4 is 23.2 Å². The number of aromatic nitrogens is 1. The van der Waals surface area contributed by atoms with E-state index in [0.717, 1.165) is 34.7 Å². The van der Waals surface area contributed by atoms with Gasteiger partial charge in [0.2, 0.25) is 5.88 Å². The Kier molecular flexibility index (Phi) is 5.88. The number of ether oxygens (including phenoxy) is 1. The lowest BCUT2D eigenvalue weighted by molar-refractivity contribution is -0.123. The van der Waals surface area contributed by atoms with Gasteiger partial charge in [0.05, 0.1) is 10.4 Å².